The molecule has 3 aromatic carbocycles. The van der Waals surface area contributed by atoms with E-state index in [2.05, 4.69) is 5.32 Å². The Kier molecular flexibility index (Phi) is 12.4. The van der Waals surface area contributed by atoms with Crippen molar-refractivity contribution in [3.8, 4) is 5.75 Å². The Morgan fingerprint density at radius 3 is 2.02 bits per heavy atom. The molecule has 2 atom stereocenters. The number of sulfonamides is 1. The third-order valence-electron chi connectivity index (χ3n) is 7.06. The smallest absolute Gasteiger partial charge is 0.243 e. The van der Waals surface area contributed by atoms with E-state index in [1.165, 1.54) is 4.31 Å². The summed E-state index contributed by atoms with van der Waals surface area (Å²) in [6.45, 7) is 6.73. The molecular formula is C33H43N3O5S. The number of nitrogens with one attached hydrogen (secondary N) is 1. The number of hydrogen-bond donors (Lipinski definition) is 1. The van der Waals surface area contributed by atoms with Gasteiger partial charge in [0.05, 0.1) is 18.6 Å². The van der Waals surface area contributed by atoms with Crippen LogP contribution in [0.15, 0.2) is 84.9 Å². The highest BCUT2D eigenvalue weighted by Crippen LogP contribution is 2.23. The van der Waals surface area contributed by atoms with Gasteiger partial charge in [0.1, 0.15) is 11.8 Å². The summed E-state index contributed by atoms with van der Waals surface area (Å²) in [6.07, 6.45) is 2.65. The number of carbonyl (C=O) groups is 2. The second-order valence-electron chi connectivity index (χ2n) is 10.4. The molecule has 0 fully saturated rings. The van der Waals surface area contributed by atoms with Crippen molar-refractivity contribution in [2.45, 2.75) is 65.1 Å². The summed E-state index contributed by atoms with van der Waals surface area (Å²) in [7, 11) is -3.59. The summed E-state index contributed by atoms with van der Waals surface area (Å²) < 4.78 is 32.1. The van der Waals surface area contributed by atoms with Gasteiger partial charge in [0.15, 0.2) is 0 Å². The molecule has 226 valence electrons. The van der Waals surface area contributed by atoms with Crippen molar-refractivity contribution in [2.24, 2.45) is 0 Å². The predicted octanol–water partition coefficient (Wildman–Crippen LogP) is 5.19. The van der Waals surface area contributed by atoms with E-state index in [9.17, 15) is 18.0 Å². The van der Waals surface area contributed by atoms with Crippen LogP contribution in [0.3, 0.4) is 0 Å². The van der Waals surface area contributed by atoms with Gasteiger partial charge in [-0.2, -0.15) is 0 Å². The zero-order chi connectivity index (χ0) is 30.5. The molecule has 0 saturated carbocycles. The van der Waals surface area contributed by atoms with Crippen LogP contribution in [-0.2, 0) is 32.6 Å². The molecule has 3 aromatic rings. The maximum atomic E-state index is 13.9. The van der Waals surface area contributed by atoms with Crippen molar-refractivity contribution in [1.29, 1.82) is 0 Å². The number of carbonyl (C=O) groups excluding carboxylic acids is 2. The minimum Gasteiger partial charge on any atom is -0.494 e. The quantitative estimate of drug-likeness (QED) is 0.247. The van der Waals surface area contributed by atoms with E-state index in [-0.39, 0.29) is 43.8 Å². The van der Waals surface area contributed by atoms with Crippen LogP contribution in [0.5, 0.6) is 5.75 Å². The number of benzene rings is 3. The molecule has 0 spiro atoms. The highest BCUT2D eigenvalue weighted by Gasteiger charge is 2.31. The first-order valence-corrected chi connectivity index (χ1v) is 16.4. The Morgan fingerprint density at radius 1 is 0.881 bits per heavy atom. The van der Waals surface area contributed by atoms with E-state index in [0.717, 1.165) is 23.8 Å². The molecule has 8 nitrogen and oxygen atoms in total. The van der Waals surface area contributed by atoms with E-state index >= 15 is 0 Å². The van der Waals surface area contributed by atoms with Crippen molar-refractivity contribution >= 4 is 27.5 Å². The van der Waals surface area contributed by atoms with Crippen molar-refractivity contribution in [2.75, 3.05) is 23.7 Å². The first kappa shape index (κ1) is 32.7. The van der Waals surface area contributed by atoms with Crippen LogP contribution >= 0.6 is 0 Å². The van der Waals surface area contributed by atoms with Gasteiger partial charge in [0.2, 0.25) is 21.8 Å². The lowest BCUT2D eigenvalue weighted by Gasteiger charge is -2.32. The average Bonchev–Trinajstić information content (AvgIpc) is 2.98. The average molecular weight is 594 g/mol. The molecule has 9 heteroatoms. The fourth-order valence-electron chi connectivity index (χ4n) is 4.65. The minimum atomic E-state index is -3.59. The monoisotopic (exact) mass is 593 g/mol. The summed E-state index contributed by atoms with van der Waals surface area (Å²) in [5.41, 5.74) is 2.36. The molecule has 1 N–H and O–H groups in total. The van der Waals surface area contributed by atoms with Gasteiger partial charge in [0.25, 0.3) is 0 Å². The zero-order valence-electron chi connectivity index (χ0n) is 25.0. The minimum absolute atomic E-state index is 0.0399. The summed E-state index contributed by atoms with van der Waals surface area (Å²) >= 11 is 0. The fraction of sp³-hybridized carbons (Fsp3) is 0.394. The number of anilines is 1. The van der Waals surface area contributed by atoms with Gasteiger partial charge in [-0.15, -0.1) is 0 Å². The van der Waals surface area contributed by atoms with Gasteiger partial charge in [-0.3, -0.25) is 13.9 Å². The molecular weight excluding hydrogens is 550 g/mol. The second kappa shape index (κ2) is 16.0. The molecule has 0 saturated heterocycles. The molecule has 2 amide bonds. The van der Waals surface area contributed by atoms with Crippen LogP contribution in [0.2, 0.25) is 0 Å². The zero-order valence-corrected chi connectivity index (χ0v) is 25.8. The fourth-order valence-corrected chi connectivity index (χ4v) is 5.62. The first-order chi connectivity index (χ1) is 20.1. The maximum Gasteiger partial charge on any atom is 0.243 e. The lowest BCUT2D eigenvalue weighted by atomic mass is 10.0. The van der Waals surface area contributed by atoms with Crippen LogP contribution in [0.4, 0.5) is 5.69 Å². The van der Waals surface area contributed by atoms with Gasteiger partial charge in [-0.05, 0) is 62.1 Å². The number of rotatable bonds is 16. The maximum absolute atomic E-state index is 13.9. The molecule has 0 aromatic heterocycles. The van der Waals surface area contributed by atoms with Crippen LogP contribution < -0.4 is 14.4 Å². The molecule has 3 rings (SSSR count). The van der Waals surface area contributed by atoms with Crippen LogP contribution in [0.25, 0.3) is 0 Å². The summed E-state index contributed by atoms with van der Waals surface area (Å²) in [5.74, 6) is 0.241. The largest absolute Gasteiger partial charge is 0.494 e. The third-order valence-corrected chi connectivity index (χ3v) is 8.25. The second-order valence-corrected chi connectivity index (χ2v) is 12.3. The first-order valence-electron chi connectivity index (χ1n) is 14.5. The highest BCUT2D eigenvalue weighted by molar-refractivity contribution is 7.92. The van der Waals surface area contributed by atoms with E-state index in [0.29, 0.717) is 24.5 Å². The molecule has 0 aliphatic heterocycles. The number of amides is 2. The van der Waals surface area contributed by atoms with Gasteiger partial charge in [-0.25, -0.2) is 8.42 Å². The summed E-state index contributed by atoms with van der Waals surface area (Å²) in [4.78, 5) is 29.1. The molecule has 0 bridgehead atoms. The Bertz CT molecular complexity index is 1370. The van der Waals surface area contributed by atoms with E-state index < -0.39 is 16.1 Å². The molecule has 0 radical (unpaired) electrons. The van der Waals surface area contributed by atoms with Gasteiger partial charge in [0, 0.05) is 32.0 Å². The standard InChI is InChI=1S/C33H43N3O5S/c1-5-26(3)34-33(38)31(24-27-14-9-7-10-15-27)35(25-28-16-11-8-12-17-28)32(37)18-13-23-36(42(4,39)40)29-19-21-30(22-20-29)41-6-2/h7-12,14-17,19-22,26,31H,5-6,13,18,23-25H2,1-4H3,(H,34,38)/t26-,31+/m0/s1. The van der Waals surface area contributed by atoms with Crippen molar-refractivity contribution in [3.05, 3.63) is 96.1 Å². The van der Waals surface area contributed by atoms with Gasteiger partial charge >= 0.3 is 0 Å². The highest BCUT2D eigenvalue weighted by atomic mass is 32.2. The Balaban J connectivity index is 1.84. The Morgan fingerprint density at radius 2 is 1.48 bits per heavy atom. The van der Waals surface area contributed by atoms with Gasteiger partial charge < -0.3 is 15.0 Å². The predicted molar refractivity (Wildman–Crippen MR) is 168 cm³/mol. The topological polar surface area (TPSA) is 96.0 Å². The van der Waals surface area contributed by atoms with E-state index in [1.807, 2.05) is 81.4 Å². The SMILES string of the molecule is CCOc1ccc(N(CCCC(=O)N(Cc2ccccc2)[C@H](Cc2ccccc2)C(=O)N[C@@H](C)CC)S(C)(=O)=O)cc1. The van der Waals surface area contributed by atoms with E-state index in [1.54, 1.807) is 29.2 Å². The lowest BCUT2D eigenvalue weighted by Crippen LogP contribution is -2.52. The van der Waals surface area contributed by atoms with Crippen molar-refractivity contribution < 1.29 is 22.7 Å². The van der Waals surface area contributed by atoms with E-state index in [4.69, 9.17) is 4.74 Å². The van der Waals surface area contributed by atoms with Crippen LogP contribution in [0.1, 0.15) is 51.2 Å². The number of ether oxygens (including phenoxy) is 1. The molecule has 0 unspecified atom stereocenters. The van der Waals surface area contributed by atoms with Gasteiger partial charge in [-0.1, -0.05) is 67.6 Å². The summed E-state index contributed by atoms with van der Waals surface area (Å²) in [5, 5.41) is 3.07. The number of hydrogen-bond acceptors (Lipinski definition) is 5. The molecule has 0 aliphatic rings. The van der Waals surface area contributed by atoms with Crippen LogP contribution in [0, 0.1) is 0 Å². The normalized spacial score (nSPS) is 12.7. The third kappa shape index (κ3) is 9.91. The molecule has 0 aliphatic carbocycles. The molecule has 42 heavy (non-hydrogen) atoms. The number of nitrogens with zero attached hydrogens (tertiary/aromatic N) is 2. The van der Waals surface area contributed by atoms with Crippen molar-refractivity contribution in [3.63, 3.8) is 0 Å². The lowest BCUT2D eigenvalue weighted by molar-refractivity contribution is -0.141. The summed E-state index contributed by atoms with van der Waals surface area (Å²) in [6, 6.07) is 25.3. The Labute approximate surface area is 250 Å². The molecule has 0 heterocycles. The van der Waals surface area contributed by atoms with Crippen LogP contribution in [-0.4, -0.2) is 56.6 Å². The van der Waals surface area contributed by atoms with Crippen molar-refractivity contribution in [1.82, 2.24) is 10.2 Å². The Hall–Kier alpha value is -3.85.